The first-order valence-electron chi connectivity index (χ1n) is 4.56. The summed E-state index contributed by atoms with van der Waals surface area (Å²) in [5.41, 5.74) is -1.92. The maximum atomic E-state index is 9.71. The van der Waals surface area contributed by atoms with E-state index in [2.05, 4.69) is 0 Å². The fraction of sp³-hybridized carbons (Fsp3) is 0.778. The van der Waals surface area contributed by atoms with Crippen LogP contribution in [0.3, 0.4) is 0 Å². The molecule has 0 radical (unpaired) electrons. The van der Waals surface area contributed by atoms with E-state index < -0.39 is 18.3 Å². The van der Waals surface area contributed by atoms with E-state index >= 15 is 0 Å². The number of aliphatic hydroxyl groups is 2. The molecule has 0 fully saturated rings. The van der Waals surface area contributed by atoms with Crippen LogP contribution in [0, 0.1) is 0 Å². The Balaban J connectivity index is 4.29. The summed E-state index contributed by atoms with van der Waals surface area (Å²) in [5.74, 6) is 1.33. The summed E-state index contributed by atoms with van der Waals surface area (Å²) < 4.78 is 5.21. The molecule has 5 heteroatoms. The van der Waals surface area contributed by atoms with Gasteiger partial charge in [-0.15, -0.1) is 0 Å². The van der Waals surface area contributed by atoms with Gasteiger partial charge in [-0.1, -0.05) is 12.1 Å². The van der Waals surface area contributed by atoms with Crippen LogP contribution in [0.2, 0.25) is 0 Å². The van der Waals surface area contributed by atoms with Gasteiger partial charge in [0.2, 0.25) is 0 Å². The van der Waals surface area contributed by atoms with Gasteiger partial charge in [-0.05, 0) is 27.7 Å². The SMILES string of the molecule is CC(C)(O)C(C)(C)OB(O)/C=C/CO. The Kier molecular flexibility index (Phi) is 4.81. The molecule has 14 heavy (non-hydrogen) atoms. The van der Waals surface area contributed by atoms with E-state index in [1.165, 1.54) is 12.1 Å². The zero-order chi connectivity index (χ0) is 11.4. The van der Waals surface area contributed by atoms with Crippen molar-refractivity contribution in [3.63, 3.8) is 0 Å². The molecule has 0 unspecified atom stereocenters. The molecule has 0 saturated heterocycles. The Morgan fingerprint density at radius 3 is 2.14 bits per heavy atom. The van der Waals surface area contributed by atoms with Crippen LogP contribution < -0.4 is 0 Å². The first kappa shape index (κ1) is 13.6. The van der Waals surface area contributed by atoms with E-state index in [1.54, 1.807) is 27.7 Å². The topological polar surface area (TPSA) is 69.9 Å². The van der Waals surface area contributed by atoms with Crippen molar-refractivity contribution in [2.45, 2.75) is 38.9 Å². The Morgan fingerprint density at radius 1 is 1.29 bits per heavy atom. The van der Waals surface area contributed by atoms with Gasteiger partial charge < -0.3 is 19.9 Å². The van der Waals surface area contributed by atoms with Crippen molar-refractivity contribution in [3.05, 3.63) is 12.1 Å². The molecule has 0 amide bonds. The maximum absolute atomic E-state index is 9.71. The van der Waals surface area contributed by atoms with Crippen LogP contribution in [0.1, 0.15) is 27.7 Å². The van der Waals surface area contributed by atoms with Crippen molar-refractivity contribution >= 4 is 7.12 Å². The Morgan fingerprint density at radius 2 is 1.79 bits per heavy atom. The third kappa shape index (κ3) is 4.24. The second-order valence-electron chi connectivity index (χ2n) is 4.19. The standard InChI is InChI=1S/C9H19BO4/c1-8(2,12)9(3,4)14-10(13)6-5-7-11/h5-6,11-13H,7H2,1-4H3/b6-5+. The minimum absolute atomic E-state index is 0.149. The summed E-state index contributed by atoms with van der Waals surface area (Å²) in [6.07, 6.45) is 1.38. The summed E-state index contributed by atoms with van der Waals surface area (Å²) in [6.45, 7) is 6.43. The predicted octanol–water partition coefficient (Wildman–Crippen LogP) is 0.121. The number of aliphatic hydroxyl groups excluding tert-OH is 1. The van der Waals surface area contributed by atoms with Crippen LogP contribution in [0.15, 0.2) is 12.1 Å². The van der Waals surface area contributed by atoms with Gasteiger partial charge in [-0.25, -0.2) is 0 Å². The summed E-state index contributed by atoms with van der Waals surface area (Å²) in [7, 11) is -1.12. The normalized spacial score (nSPS) is 13.6. The van der Waals surface area contributed by atoms with Gasteiger partial charge in [0.1, 0.15) is 0 Å². The number of hydrogen-bond donors (Lipinski definition) is 3. The monoisotopic (exact) mass is 202 g/mol. The molecule has 0 aliphatic carbocycles. The van der Waals surface area contributed by atoms with Gasteiger partial charge in [0, 0.05) is 0 Å². The molecule has 4 nitrogen and oxygen atoms in total. The Hall–Kier alpha value is -0.355. The molecule has 0 bridgehead atoms. The van der Waals surface area contributed by atoms with Gasteiger partial charge in [0.15, 0.2) is 0 Å². The third-order valence-corrected chi connectivity index (χ3v) is 2.29. The van der Waals surface area contributed by atoms with Crippen molar-refractivity contribution in [1.29, 1.82) is 0 Å². The van der Waals surface area contributed by atoms with Gasteiger partial charge >= 0.3 is 7.12 Å². The van der Waals surface area contributed by atoms with Gasteiger partial charge in [-0.3, -0.25) is 0 Å². The molecule has 0 aliphatic heterocycles. The molecule has 0 aromatic carbocycles. The maximum Gasteiger partial charge on any atom is 0.483 e. The van der Waals surface area contributed by atoms with Gasteiger partial charge in [-0.2, -0.15) is 0 Å². The Bertz CT molecular complexity index is 195. The van der Waals surface area contributed by atoms with Crippen LogP contribution >= 0.6 is 0 Å². The van der Waals surface area contributed by atoms with E-state index in [-0.39, 0.29) is 6.61 Å². The van der Waals surface area contributed by atoms with Crippen molar-refractivity contribution in [1.82, 2.24) is 0 Å². The highest BCUT2D eigenvalue weighted by molar-refractivity contribution is 6.49. The smallest absolute Gasteiger partial charge is 0.423 e. The largest absolute Gasteiger partial charge is 0.483 e. The summed E-state index contributed by atoms with van der Waals surface area (Å²) in [4.78, 5) is 0. The molecule has 82 valence electrons. The molecule has 0 rings (SSSR count). The lowest BCUT2D eigenvalue weighted by molar-refractivity contribution is -0.0985. The first-order valence-corrected chi connectivity index (χ1v) is 4.56. The average Bonchev–Trinajstić information content (AvgIpc) is 1.97. The lowest BCUT2D eigenvalue weighted by Crippen LogP contribution is -2.50. The number of hydrogen-bond acceptors (Lipinski definition) is 4. The predicted molar refractivity (Wildman–Crippen MR) is 55.7 cm³/mol. The molecule has 3 N–H and O–H groups in total. The van der Waals surface area contributed by atoms with Crippen LogP contribution in [0.5, 0.6) is 0 Å². The van der Waals surface area contributed by atoms with E-state index in [0.717, 1.165) is 0 Å². The molecule has 0 saturated carbocycles. The molecule has 0 spiro atoms. The molecular weight excluding hydrogens is 183 g/mol. The highest BCUT2D eigenvalue weighted by Crippen LogP contribution is 2.25. The lowest BCUT2D eigenvalue weighted by Gasteiger charge is -2.38. The van der Waals surface area contributed by atoms with Crippen LogP contribution in [-0.2, 0) is 4.65 Å². The minimum Gasteiger partial charge on any atom is -0.423 e. The van der Waals surface area contributed by atoms with E-state index in [0.29, 0.717) is 0 Å². The summed E-state index contributed by atoms with van der Waals surface area (Å²) >= 11 is 0. The fourth-order valence-electron chi connectivity index (χ4n) is 0.663. The second-order valence-corrected chi connectivity index (χ2v) is 4.19. The highest BCUT2D eigenvalue weighted by Gasteiger charge is 2.38. The van der Waals surface area contributed by atoms with Crippen LogP contribution in [0.25, 0.3) is 0 Å². The molecule has 0 heterocycles. The van der Waals surface area contributed by atoms with Crippen molar-refractivity contribution in [2.24, 2.45) is 0 Å². The highest BCUT2D eigenvalue weighted by atomic mass is 16.5. The average molecular weight is 202 g/mol. The van der Waals surface area contributed by atoms with E-state index in [9.17, 15) is 10.1 Å². The lowest BCUT2D eigenvalue weighted by atomic mass is 9.83. The molecule has 0 aromatic heterocycles. The van der Waals surface area contributed by atoms with Crippen molar-refractivity contribution in [3.8, 4) is 0 Å². The minimum atomic E-state index is -1.12. The van der Waals surface area contributed by atoms with E-state index in [1.807, 2.05) is 0 Å². The van der Waals surface area contributed by atoms with Crippen molar-refractivity contribution in [2.75, 3.05) is 6.61 Å². The van der Waals surface area contributed by atoms with Crippen LogP contribution in [0.4, 0.5) is 0 Å². The Labute approximate surface area is 85.4 Å². The molecule has 0 atom stereocenters. The molecular formula is C9H19BO4. The van der Waals surface area contributed by atoms with E-state index in [4.69, 9.17) is 9.76 Å². The van der Waals surface area contributed by atoms with Crippen LogP contribution in [-0.4, -0.2) is 40.2 Å². The zero-order valence-corrected chi connectivity index (χ0v) is 9.19. The summed E-state index contributed by atoms with van der Waals surface area (Å²) in [5, 5.41) is 27.5. The first-order chi connectivity index (χ1) is 6.20. The van der Waals surface area contributed by atoms with Crippen molar-refractivity contribution < 1.29 is 19.9 Å². The number of rotatable bonds is 5. The van der Waals surface area contributed by atoms with Gasteiger partial charge in [0.25, 0.3) is 0 Å². The molecule has 0 aliphatic rings. The van der Waals surface area contributed by atoms with Gasteiger partial charge in [0.05, 0.1) is 17.8 Å². The quantitative estimate of drug-likeness (QED) is 0.554. The fourth-order valence-corrected chi connectivity index (χ4v) is 0.663. The second kappa shape index (κ2) is 4.93. The molecule has 0 aromatic rings. The summed E-state index contributed by atoms with van der Waals surface area (Å²) in [6, 6.07) is 0. The zero-order valence-electron chi connectivity index (χ0n) is 9.19. The third-order valence-electron chi connectivity index (χ3n) is 2.29.